The van der Waals surface area contributed by atoms with Crippen LogP contribution in [0.15, 0.2) is 0 Å². The zero-order chi connectivity index (χ0) is 22.2. The smallest absolute Gasteiger partial charge is 0.0492 e. The zero-order valence-corrected chi connectivity index (χ0v) is 20.9. The summed E-state index contributed by atoms with van der Waals surface area (Å²) in [5, 5.41) is 0. The van der Waals surface area contributed by atoms with E-state index in [2.05, 4.69) is 102 Å². The van der Waals surface area contributed by atoms with Gasteiger partial charge in [0.05, 0.1) is 0 Å². The van der Waals surface area contributed by atoms with Gasteiger partial charge in [-0.3, -0.25) is 9.97 Å². The van der Waals surface area contributed by atoms with Gasteiger partial charge in [0.15, 0.2) is 0 Å². The predicted octanol–water partition coefficient (Wildman–Crippen LogP) is 7.23. The second-order valence-corrected chi connectivity index (χ2v) is 10.3. The Morgan fingerprint density at radius 1 is 0.429 bits per heavy atom. The highest BCUT2D eigenvalue weighted by molar-refractivity contribution is 5.42. The fourth-order valence-electron chi connectivity index (χ4n) is 3.98. The molecule has 0 spiro atoms. The van der Waals surface area contributed by atoms with Gasteiger partial charge in [0.1, 0.15) is 0 Å². The highest BCUT2D eigenvalue weighted by Gasteiger charge is 2.22. The summed E-state index contributed by atoms with van der Waals surface area (Å²) in [6.07, 6.45) is 0. The van der Waals surface area contributed by atoms with Gasteiger partial charge in [0, 0.05) is 28.2 Å². The average Bonchev–Trinajstić information content (AvgIpc) is 2.53. The maximum Gasteiger partial charge on any atom is 0.0492 e. The molecule has 2 aromatic heterocycles. The van der Waals surface area contributed by atoms with E-state index in [0.29, 0.717) is 0 Å². The van der Waals surface area contributed by atoms with E-state index in [9.17, 15) is 0 Å². The maximum atomic E-state index is 4.70. The number of aromatic nitrogens is 2. The molecule has 0 aliphatic heterocycles. The van der Waals surface area contributed by atoms with Gasteiger partial charge >= 0.3 is 0 Å². The molecule has 0 saturated carbocycles. The molecule has 28 heavy (non-hydrogen) atoms. The molecule has 0 atom stereocenters. The van der Waals surface area contributed by atoms with Crippen molar-refractivity contribution in [3.63, 3.8) is 0 Å². The van der Waals surface area contributed by atoms with E-state index in [-0.39, 0.29) is 10.8 Å². The van der Waals surface area contributed by atoms with E-state index in [0.717, 1.165) is 17.1 Å². The Kier molecular flexibility index (Phi) is 7.26. The minimum Gasteiger partial charge on any atom is -0.258 e. The third-order valence-corrected chi connectivity index (χ3v) is 5.93. The second-order valence-electron chi connectivity index (χ2n) is 10.3. The summed E-state index contributed by atoms with van der Waals surface area (Å²) in [6, 6.07) is 0. The van der Waals surface area contributed by atoms with Crippen molar-refractivity contribution in [2.45, 2.75) is 108 Å². The van der Waals surface area contributed by atoms with Crippen LogP contribution in [0.3, 0.4) is 0 Å². The quantitative estimate of drug-likeness (QED) is 0.480. The van der Waals surface area contributed by atoms with Crippen molar-refractivity contribution >= 4 is 0 Å². The molecular formula is C26H42N2. The molecule has 0 unspecified atom stereocenters. The monoisotopic (exact) mass is 382 g/mol. The summed E-state index contributed by atoms with van der Waals surface area (Å²) in [4.78, 5) is 9.25. The van der Waals surface area contributed by atoms with Gasteiger partial charge in [0.2, 0.25) is 0 Å². The first-order valence-electron chi connectivity index (χ1n) is 10.4. The topological polar surface area (TPSA) is 25.8 Å². The molecule has 2 nitrogen and oxygen atoms in total. The zero-order valence-electron chi connectivity index (χ0n) is 20.9. The lowest BCUT2D eigenvalue weighted by Crippen LogP contribution is -2.17. The van der Waals surface area contributed by atoms with Gasteiger partial charge in [-0.05, 0) is 94.2 Å². The van der Waals surface area contributed by atoms with E-state index < -0.39 is 0 Å². The molecule has 0 aliphatic carbocycles. The Morgan fingerprint density at radius 3 is 1.18 bits per heavy atom. The van der Waals surface area contributed by atoms with Crippen molar-refractivity contribution in [2.24, 2.45) is 0 Å². The lowest BCUT2D eigenvalue weighted by molar-refractivity contribution is 0.561. The Morgan fingerprint density at radius 2 is 0.821 bits per heavy atom. The van der Waals surface area contributed by atoms with Crippen LogP contribution in [0.5, 0.6) is 0 Å². The Bertz CT molecular complexity index is 834. The number of hydrogen-bond donors (Lipinski definition) is 0. The van der Waals surface area contributed by atoms with Crippen LogP contribution in [0.4, 0.5) is 0 Å². The van der Waals surface area contributed by atoms with Gasteiger partial charge in [-0.25, -0.2) is 0 Å². The highest BCUT2D eigenvalue weighted by atomic mass is 14.7. The first kappa shape index (κ1) is 24.3. The molecule has 2 aromatic rings. The van der Waals surface area contributed by atoms with Crippen LogP contribution in [0.2, 0.25) is 0 Å². The van der Waals surface area contributed by atoms with Crippen molar-refractivity contribution in [3.8, 4) is 0 Å². The molecule has 0 fully saturated rings. The normalized spacial score (nSPS) is 11.9. The van der Waals surface area contributed by atoms with E-state index in [1.54, 1.807) is 0 Å². The van der Waals surface area contributed by atoms with Crippen LogP contribution in [0, 0.1) is 55.4 Å². The molecule has 0 amide bonds. The molecule has 2 heteroatoms. The fraction of sp³-hybridized carbons (Fsp3) is 0.615. The molecule has 0 N–H and O–H groups in total. The average molecular weight is 383 g/mol. The van der Waals surface area contributed by atoms with Crippen LogP contribution in [0.25, 0.3) is 0 Å². The molecular weight excluding hydrogens is 340 g/mol. The number of pyridine rings is 2. The summed E-state index contributed by atoms with van der Waals surface area (Å²) in [5.74, 6) is 0. The third kappa shape index (κ3) is 5.21. The van der Waals surface area contributed by atoms with Gasteiger partial charge < -0.3 is 0 Å². The molecule has 156 valence electrons. The van der Waals surface area contributed by atoms with Crippen LogP contribution in [-0.2, 0) is 10.8 Å². The van der Waals surface area contributed by atoms with Crippen molar-refractivity contribution in [1.82, 2.24) is 9.97 Å². The molecule has 0 bridgehead atoms. The van der Waals surface area contributed by atoms with Crippen molar-refractivity contribution < 1.29 is 0 Å². The van der Waals surface area contributed by atoms with Crippen LogP contribution in [-0.4, -0.2) is 9.97 Å². The van der Waals surface area contributed by atoms with Crippen LogP contribution in [0.1, 0.15) is 97.7 Å². The second kappa shape index (κ2) is 8.35. The summed E-state index contributed by atoms with van der Waals surface area (Å²) in [6.45, 7) is 30.6. The predicted molar refractivity (Wildman–Crippen MR) is 124 cm³/mol. The number of rotatable bonds is 0. The van der Waals surface area contributed by atoms with E-state index in [4.69, 9.17) is 4.98 Å². The van der Waals surface area contributed by atoms with E-state index >= 15 is 0 Å². The lowest BCUT2D eigenvalue weighted by atomic mass is 9.80. The SMILES string of the molecule is Cc1nc(C(C)(C)C)c(C)c(C)c1C.Cc1nc(C)c(C)c(C(C)(C)C)c1C. The van der Waals surface area contributed by atoms with E-state index in [1.807, 2.05) is 0 Å². The lowest BCUT2D eigenvalue weighted by Gasteiger charge is -2.26. The Hall–Kier alpha value is -1.70. The first-order valence-corrected chi connectivity index (χ1v) is 10.4. The van der Waals surface area contributed by atoms with Crippen LogP contribution < -0.4 is 0 Å². The van der Waals surface area contributed by atoms with Gasteiger partial charge in [-0.15, -0.1) is 0 Å². The minimum absolute atomic E-state index is 0.146. The summed E-state index contributed by atoms with van der Waals surface area (Å²) in [7, 11) is 0. The molecule has 2 rings (SSSR count). The third-order valence-electron chi connectivity index (χ3n) is 5.93. The summed E-state index contributed by atoms with van der Waals surface area (Å²) >= 11 is 0. The summed E-state index contributed by atoms with van der Waals surface area (Å²) < 4.78 is 0. The molecule has 0 saturated heterocycles. The largest absolute Gasteiger partial charge is 0.258 e. The standard InChI is InChI=1S/2C13H21N/c1-8-10(3)14-11(4)9(2)12(8)13(5,6)7;1-8-9(2)11(4)14-12(10(8)3)13(5,6)7/h2*1-7H3. The van der Waals surface area contributed by atoms with Crippen molar-refractivity contribution in [3.05, 3.63) is 56.2 Å². The van der Waals surface area contributed by atoms with Crippen molar-refractivity contribution in [1.29, 1.82) is 0 Å². The minimum atomic E-state index is 0.146. The fourth-order valence-corrected chi connectivity index (χ4v) is 3.98. The Balaban J connectivity index is 0.000000280. The molecule has 2 heterocycles. The van der Waals surface area contributed by atoms with Gasteiger partial charge in [0.25, 0.3) is 0 Å². The molecule has 0 aromatic carbocycles. The Labute approximate surface area is 174 Å². The van der Waals surface area contributed by atoms with Crippen molar-refractivity contribution in [2.75, 3.05) is 0 Å². The molecule has 0 radical (unpaired) electrons. The number of nitrogens with zero attached hydrogens (tertiary/aromatic N) is 2. The first-order chi connectivity index (χ1) is 12.5. The maximum absolute atomic E-state index is 4.70. The van der Waals surface area contributed by atoms with Gasteiger partial charge in [-0.2, -0.15) is 0 Å². The highest BCUT2D eigenvalue weighted by Crippen LogP contribution is 2.31. The number of aryl methyl sites for hydroxylation is 3. The van der Waals surface area contributed by atoms with Crippen LogP contribution >= 0.6 is 0 Å². The molecule has 0 aliphatic rings. The summed E-state index contributed by atoms with van der Waals surface area (Å²) in [5.41, 5.74) is 13.3. The van der Waals surface area contributed by atoms with Gasteiger partial charge in [-0.1, -0.05) is 41.5 Å². The number of hydrogen-bond acceptors (Lipinski definition) is 2. The van der Waals surface area contributed by atoms with E-state index in [1.165, 1.54) is 39.1 Å².